The molecular formula is C19H19ClF3N3O. The van der Waals surface area contributed by atoms with Crippen LogP contribution in [0.3, 0.4) is 0 Å². The van der Waals surface area contributed by atoms with Crippen molar-refractivity contribution in [2.24, 2.45) is 0 Å². The van der Waals surface area contributed by atoms with Gasteiger partial charge in [0, 0.05) is 35.9 Å². The zero-order chi connectivity index (χ0) is 19.8. The molecule has 0 radical (unpaired) electrons. The van der Waals surface area contributed by atoms with E-state index in [1.54, 1.807) is 6.07 Å². The number of rotatable bonds is 5. The Bertz CT molecular complexity index is 881. The number of benzene rings is 2. The second-order valence-electron chi connectivity index (χ2n) is 6.64. The van der Waals surface area contributed by atoms with E-state index in [-0.39, 0.29) is 23.4 Å². The van der Waals surface area contributed by atoms with Crippen molar-refractivity contribution in [3.05, 3.63) is 52.3 Å². The standard InChI is InChI=1S/C19H19ClF3N3O/c1-2-10-5-17(25-12-8-19(22,23)9-12)13(7-16(10)24)18(27)26-11-3-4-15(21)14(20)6-11/h3-7,12,25H,2,8-9,24H2,1H3,(H,26,27). The van der Waals surface area contributed by atoms with Gasteiger partial charge in [-0.1, -0.05) is 18.5 Å². The maximum atomic E-state index is 13.3. The molecule has 4 nitrogen and oxygen atoms in total. The Morgan fingerprint density at radius 1 is 1.30 bits per heavy atom. The molecule has 0 spiro atoms. The van der Waals surface area contributed by atoms with Gasteiger partial charge in [0.25, 0.3) is 11.8 Å². The topological polar surface area (TPSA) is 67.2 Å². The minimum atomic E-state index is -2.67. The Labute approximate surface area is 159 Å². The van der Waals surface area contributed by atoms with Gasteiger partial charge in [0.2, 0.25) is 0 Å². The van der Waals surface area contributed by atoms with Crippen molar-refractivity contribution in [1.82, 2.24) is 0 Å². The average Bonchev–Trinajstić information content (AvgIpc) is 2.57. The van der Waals surface area contributed by atoms with Gasteiger partial charge in [-0.05, 0) is 42.3 Å². The molecule has 3 rings (SSSR count). The number of hydrogen-bond acceptors (Lipinski definition) is 3. The SMILES string of the molecule is CCc1cc(NC2CC(F)(F)C2)c(C(=O)Nc2ccc(F)c(Cl)c2)cc1N. The van der Waals surface area contributed by atoms with Gasteiger partial charge >= 0.3 is 0 Å². The number of nitrogen functional groups attached to an aromatic ring is 1. The summed E-state index contributed by atoms with van der Waals surface area (Å²) in [5, 5.41) is 5.51. The maximum Gasteiger partial charge on any atom is 0.257 e. The normalized spacial score (nSPS) is 15.9. The predicted molar refractivity (Wildman–Crippen MR) is 101 cm³/mol. The minimum Gasteiger partial charge on any atom is -0.398 e. The first kappa shape index (κ1) is 19.4. The lowest BCUT2D eigenvalue weighted by molar-refractivity contribution is -0.0793. The van der Waals surface area contributed by atoms with Gasteiger partial charge in [-0.3, -0.25) is 4.79 Å². The summed E-state index contributed by atoms with van der Waals surface area (Å²) in [5.41, 5.74) is 8.21. The molecule has 0 bridgehead atoms. The lowest BCUT2D eigenvalue weighted by Gasteiger charge is -2.36. The molecule has 0 aromatic heterocycles. The highest BCUT2D eigenvalue weighted by molar-refractivity contribution is 6.31. The van der Waals surface area contributed by atoms with Gasteiger partial charge in [0.05, 0.1) is 10.6 Å². The number of anilines is 3. The van der Waals surface area contributed by atoms with Crippen LogP contribution in [0.2, 0.25) is 5.02 Å². The van der Waals surface area contributed by atoms with Crippen LogP contribution in [0.15, 0.2) is 30.3 Å². The van der Waals surface area contributed by atoms with Gasteiger partial charge in [-0.25, -0.2) is 13.2 Å². The Morgan fingerprint density at radius 2 is 2.00 bits per heavy atom. The molecule has 1 saturated carbocycles. The second-order valence-corrected chi connectivity index (χ2v) is 7.05. The average molecular weight is 398 g/mol. The number of halogens is 4. The van der Waals surface area contributed by atoms with Crippen molar-refractivity contribution < 1.29 is 18.0 Å². The van der Waals surface area contributed by atoms with Crippen molar-refractivity contribution in [2.75, 3.05) is 16.4 Å². The van der Waals surface area contributed by atoms with Crippen molar-refractivity contribution in [3.63, 3.8) is 0 Å². The van der Waals surface area contributed by atoms with Gasteiger partial charge in [-0.15, -0.1) is 0 Å². The molecule has 0 saturated heterocycles. The fourth-order valence-corrected chi connectivity index (χ4v) is 3.21. The molecule has 0 unspecified atom stereocenters. The summed E-state index contributed by atoms with van der Waals surface area (Å²) < 4.78 is 39.5. The van der Waals surface area contributed by atoms with Crippen molar-refractivity contribution in [2.45, 2.75) is 38.2 Å². The molecule has 1 fully saturated rings. The third kappa shape index (κ3) is 4.30. The van der Waals surface area contributed by atoms with E-state index in [1.807, 2.05) is 6.92 Å². The maximum absolute atomic E-state index is 13.3. The Morgan fingerprint density at radius 3 is 2.59 bits per heavy atom. The summed E-state index contributed by atoms with van der Waals surface area (Å²) in [5.74, 6) is -3.77. The van der Waals surface area contributed by atoms with Crippen molar-refractivity contribution in [3.8, 4) is 0 Å². The Kier molecular flexibility index (Phi) is 5.24. The first-order valence-electron chi connectivity index (χ1n) is 8.51. The van der Waals surface area contributed by atoms with Crippen LogP contribution in [0.5, 0.6) is 0 Å². The van der Waals surface area contributed by atoms with E-state index in [4.69, 9.17) is 17.3 Å². The first-order chi connectivity index (χ1) is 12.7. The second kappa shape index (κ2) is 7.31. The van der Waals surface area contributed by atoms with Crippen LogP contribution in [0, 0.1) is 5.82 Å². The number of amides is 1. The Balaban J connectivity index is 1.86. The van der Waals surface area contributed by atoms with E-state index in [0.29, 0.717) is 23.5 Å². The van der Waals surface area contributed by atoms with E-state index in [0.717, 1.165) is 11.6 Å². The van der Waals surface area contributed by atoms with Gasteiger partial charge in [0.1, 0.15) is 5.82 Å². The smallest absolute Gasteiger partial charge is 0.257 e. The van der Waals surface area contributed by atoms with E-state index < -0.39 is 23.7 Å². The zero-order valence-electron chi connectivity index (χ0n) is 14.6. The molecule has 0 heterocycles. The number of alkyl halides is 2. The van der Waals surface area contributed by atoms with Crippen LogP contribution < -0.4 is 16.4 Å². The van der Waals surface area contributed by atoms with E-state index in [2.05, 4.69) is 10.6 Å². The fourth-order valence-electron chi connectivity index (χ4n) is 3.03. The summed E-state index contributed by atoms with van der Waals surface area (Å²) in [6.45, 7) is 1.91. The molecule has 8 heteroatoms. The van der Waals surface area contributed by atoms with Gasteiger partial charge in [0.15, 0.2) is 0 Å². The fraction of sp³-hybridized carbons (Fsp3) is 0.316. The van der Waals surface area contributed by atoms with Crippen molar-refractivity contribution in [1.29, 1.82) is 0 Å². The number of nitrogens with two attached hydrogens (primary N) is 1. The minimum absolute atomic E-state index is 0.122. The first-order valence-corrected chi connectivity index (χ1v) is 8.89. The number of hydrogen-bond donors (Lipinski definition) is 3. The van der Waals surface area contributed by atoms with Crippen LogP contribution >= 0.6 is 11.6 Å². The molecule has 2 aromatic carbocycles. The highest BCUT2D eigenvalue weighted by atomic mass is 35.5. The van der Waals surface area contributed by atoms with Gasteiger partial charge < -0.3 is 16.4 Å². The zero-order valence-corrected chi connectivity index (χ0v) is 15.3. The quantitative estimate of drug-likeness (QED) is 0.616. The summed E-state index contributed by atoms with van der Waals surface area (Å²) in [4.78, 5) is 12.7. The largest absolute Gasteiger partial charge is 0.398 e. The number of carbonyl (C=O) groups is 1. The van der Waals surface area contributed by atoms with Crippen LogP contribution in [-0.2, 0) is 6.42 Å². The van der Waals surface area contributed by atoms with Crippen LogP contribution in [0.4, 0.5) is 30.2 Å². The predicted octanol–water partition coefficient (Wildman–Crippen LogP) is 5.09. The molecule has 1 aliphatic rings. The summed E-state index contributed by atoms with van der Waals surface area (Å²) in [6, 6.07) is 6.61. The molecule has 1 amide bonds. The van der Waals surface area contributed by atoms with Crippen LogP contribution in [-0.4, -0.2) is 17.9 Å². The van der Waals surface area contributed by atoms with Crippen molar-refractivity contribution >= 4 is 34.6 Å². The highest BCUT2D eigenvalue weighted by Gasteiger charge is 2.45. The lowest BCUT2D eigenvalue weighted by atomic mass is 9.87. The Hall–Kier alpha value is -2.41. The third-order valence-corrected chi connectivity index (χ3v) is 4.82. The molecule has 144 valence electrons. The highest BCUT2D eigenvalue weighted by Crippen LogP contribution is 2.40. The molecule has 0 aliphatic heterocycles. The molecule has 0 atom stereocenters. The van der Waals surface area contributed by atoms with Crippen LogP contribution in [0.1, 0.15) is 35.7 Å². The molecule has 4 N–H and O–H groups in total. The third-order valence-electron chi connectivity index (χ3n) is 4.53. The number of carbonyl (C=O) groups excluding carboxylic acids is 1. The molecule has 27 heavy (non-hydrogen) atoms. The molecule has 1 aliphatic carbocycles. The lowest BCUT2D eigenvalue weighted by Crippen LogP contribution is -2.44. The van der Waals surface area contributed by atoms with E-state index >= 15 is 0 Å². The van der Waals surface area contributed by atoms with Gasteiger partial charge in [-0.2, -0.15) is 0 Å². The molecule has 2 aromatic rings. The summed E-state index contributed by atoms with van der Waals surface area (Å²) in [6.07, 6.45) is 0.0672. The molecular weight excluding hydrogens is 379 g/mol. The van der Waals surface area contributed by atoms with E-state index in [9.17, 15) is 18.0 Å². The number of aryl methyl sites for hydroxylation is 1. The van der Waals surface area contributed by atoms with Crippen LogP contribution in [0.25, 0.3) is 0 Å². The summed E-state index contributed by atoms with van der Waals surface area (Å²) in [7, 11) is 0. The van der Waals surface area contributed by atoms with E-state index in [1.165, 1.54) is 18.2 Å². The summed E-state index contributed by atoms with van der Waals surface area (Å²) >= 11 is 5.73. The number of nitrogens with one attached hydrogen (secondary N) is 2. The monoisotopic (exact) mass is 397 g/mol.